The molecule has 0 aliphatic carbocycles. The van der Waals surface area contributed by atoms with Crippen LogP contribution in [-0.2, 0) is 4.79 Å². The molecular formula is C10H14ClN3O. The van der Waals surface area contributed by atoms with Crippen molar-refractivity contribution >= 4 is 28.9 Å². The van der Waals surface area contributed by atoms with Crippen LogP contribution >= 0.6 is 11.6 Å². The molecule has 0 spiro atoms. The maximum absolute atomic E-state index is 10.6. The number of amides is 1. The summed E-state index contributed by atoms with van der Waals surface area (Å²) in [6.07, 6.45) is 0. The molecule has 82 valence electrons. The number of nitrogen functional groups attached to an aromatic ring is 1. The van der Waals surface area contributed by atoms with Gasteiger partial charge >= 0.3 is 0 Å². The quantitative estimate of drug-likeness (QED) is 0.539. The fraction of sp³-hybridized carbons (Fsp3) is 0.300. The summed E-state index contributed by atoms with van der Waals surface area (Å²) in [4.78, 5) is 10.6. The van der Waals surface area contributed by atoms with E-state index in [2.05, 4.69) is 10.6 Å². The van der Waals surface area contributed by atoms with Crippen LogP contribution < -0.4 is 16.4 Å². The molecule has 1 aromatic carbocycles. The SMILES string of the molecule is CC(=O)NCCNc1cc(Cl)ccc1N. The summed E-state index contributed by atoms with van der Waals surface area (Å²) in [6.45, 7) is 2.65. The van der Waals surface area contributed by atoms with Crippen LogP contribution in [0.15, 0.2) is 18.2 Å². The van der Waals surface area contributed by atoms with Gasteiger partial charge in [0.25, 0.3) is 0 Å². The van der Waals surface area contributed by atoms with Crippen molar-refractivity contribution in [3.63, 3.8) is 0 Å². The monoisotopic (exact) mass is 227 g/mol. The first-order valence-electron chi connectivity index (χ1n) is 4.63. The van der Waals surface area contributed by atoms with E-state index in [1.54, 1.807) is 18.2 Å². The molecule has 0 aliphatic rings. The second-order valence-corrected chi connectivity index (χ2v) is 3.58. The van der Waals surface area contributed by atoms with Gasteiger partial charge in [0.05, 0.1) is 11.4 Å². The van der Waals surface area contributed by atoms with E-state index < -0.39 is 0 Å². The maximum atomic E-state index is 10.6. The fourth-order valence-electron chi connectivity index (χ4n) is 1.12. The van der Waals surface area contributed by atoms with Crippen molar-refractivity contribution in [1.82, 2.24) is 5.32 Å². The summed E-state index contributed by atoms with van der Waals surface area (Å²) >= 11 is 5.81. The fourth-order valence-corrected chi connectivity index (χ4v) is 1.29. The molecule has 0 saturated carbocycles. The molecule has 5 heteroatoms. The Hall–Kier alpha value is -1.42. The molecule has 0 aromatic heterocycles. The summed E-state index contributed by atoms with van der Waals surface area (Å²) in [5.41, 5.74) is 7.15. The molecule has 1 aromatic rings. The standard InChI is InChI=1S/C10H14ClN3O/c1-7(15)13-4-5-14-10-6-8(11)2-3-9(10)12/h2-3,6,14H,4-5,12H2,1H3,(H,13,15). The molecule has 0 heterocycles. The van der Waals surface area contributed by atoms with Crippen molar-refractivity contribution in [2.75, 3.05) is 24.1 Å². The highest BCUT2D eigenvalue weighted by Gasteiger charge is 1.99. The van der Waals surface area contributed by atoms with Gasteiger partial charge < -0.3 is 16.4 Å². The summed E-state index contributed by atoms with van der Waals surface area (Å²) in [6, 6.07) is 5.23. The average Bonchev–Trinajstić information content (AvgIpc) is 2.17. The number of nitrogens with one attached hydrogen (secondary N) is 2. The molecule has 0 unspecified atom stereocenters. The lowest BCUT2D eigenvalue weighted by atomic mass is 10.2. The Bertz CT molecular complexity index is 355. The third-order valence-corrected chi connectivity index (χ3v) is 2.06. The van der Waals surface area contributed by atoms with Crippen LogP contribution in [-0.4, -0.2) is 19.0 Å². The molecular weight excluding hydrogens is 214 g/mol. The second kappa shape index (κ2) is 5.46. The van der Waals surface area contributed by atoms with Crippen LogP contribution in [0.2, 0.25) is 5.02 Å². The van der Waals surface area contributed by atoms with E-state index in [4.69, 9.17) is 17.3 Å². The molecule has 1 rings (SSSR count). The number of benzene rings is 1. The number of nitrogens with two attached hydrogens (primary N) is 1. The van der Waals surface area contributed by atoms with E-state index in [-0.39, 0.29) is 5.91 Å². The van der Waals surface area contributed by atoms with Crippen molar-refractivity contribution < 1.29 is 4.79 Å². The van der Waals surface area contributed by atoms with E-state index in [1.165, 1.54) is 6.92 Å². The number of halogens is 1. The topological polar surface area (TPSA) is 67.2 Å². The van der Waals surface area contributed by atoms with E-state index in [1.807, 2.05) is 0 Å². The lowest BCUT2D eigenvalue weighted by molar-refractivity contribution is -0.118. The number of hydrogen-bond donors (Lipinski definition) is 3. The first-order chi connectivity index (χ1) is 7.09. The summed E-state index contributed by atoms with van der Waals surface area (Å²) in [5, 5.41) is 6.39. The van der Waals surface area contributed by atoms with Gasteiger partial charge in [-0.2, -0.15) is 0 Å². The third kappa shape index (κ3) is 4.08. The highest BCUT2D eigenvalue weighted by atomic mass is 35.5. The van der Waals surface area contributed by atoms with E-state index in [0.717, 1.165) is 5.69 Å². The Balaban J connectivity index is 2.43. The van der Waals surface area contributed by atoms with Gasteiger partial charge in [0.2, 0.25) is 5.91 Å². The van der Waals surface area contributed by atoms with Crippen LogP contribution in [0.3, 0.4) is 0 Å². The highest BCUT2D eigenvalue weighted by Crippen LogP contribution is 2.22. The Morgan fingerprint density at radius 3 is 2.87 bits per heavy atom. The number of rotatable bonds is 4. The van der Waals surface area contributed by atoms with Crippen molar-refractivity contribution in [1.29, 1.82) is 0 Å². The molecule has 0 radical (unpaired) electrons. The molecule has 1 amide bonds. The number of hydrogen-bond acceptors (Lipinski definition) is 3. The first-order valence-corrected chi connectivity index (χ1v) is 5.00. The number of carbonyl (C=O) groups is 1. The summed E-state index contributed by atoms with van der Waals surface area (Å²) in [5.74, 6) is -0.0455. The molecule has 0 bridgehead atoms. The van der Waals surface area contributed by atoms with E-state index in [9.17, 15) is 4.79 Å². The van der Waals surface area contributed by atoms with Gasteiger partial charge in [0, 0.05) is 25.0 Å². The van der Waals surface area contributed by atoms with Gasteiger partial charge in [-0.3, -0.25) is 4.79 Å². The molecule has 0 saturated heterocycles. The lowest BCUT2D eigenvalue weighted by Crippen LogP contribution is -2.26. The highest BCUT2D eigenvalue weighted by molar-refractivity contribution is 6.31. The minimum absolute atomic E-state index is 0.0455. The average molecular weight is 228 g/mol. The van der Waals surface area contributed by atoms with Crippen molar-refractivity contribution in [2.45, 2.75) is 6.92 Å². The van der Waals surface area contributed by atoms with Gasteiger partial charge in [-0.1, -0.05) is 11.6 Å². The zero-order chi connectivity index (χ0) is 11.3. The van der Waals surface area contributed by atoms with Crippen molar-refractivity contribution in [3.05, 3.63) is 23.2 Å². The van der Waals surface area contributed by atoms with Crippen LogP contribution in [0.25, 0.3) is 0 Å². The van der Waals surface area contributed by atoms with Crippen molar-refractivity contribution in [3.8, 4) is 0 Å². The van der Waals surface area contributed by atoms with Gasteiger partial charge in [0.15, 0.2) is 0 Å². The molecule has 0 atom stereocenters. The Labute approximate surface area is 93.8 Å². The second-order valence-electron chi connectivity index (χ2n) is 3.14. The smallest absolute Gasteiger partial charge is 0.216 e. The molecule has 4 N–H and O–H groups in total. The molecule has 0 aliphatic heterocycles. The van der Waals surface area contributed by atoms with Gasteiger partial charge in [-0.05, 0) is 18.2 Å². The number of anilines is 2. The summed E-state index contributed by atoms with van der Waals surface area (Å²) < 4.78 is 0. The van der Waals surface area contributed by atoms with Crippen LogP contribution in [0, 0.1) is 0 Å². The van der Waals surface area contributed by atoms with Gasteiger partial charge in [-0.15, -0.1) is 0 Å². The lowest BCUT2D eigenvalue weighted by Gasteiger charge is -2.09. The summed E-state index contributed by atoms with van der Waals surface area (Å²) in [7, 11) is 0. The first kappa shape index (κ1) is 11.7. The third-order valence-electron chi connectivity index (χ3n) is 1.83. The molecule has 0 fully saturated rings. The zero-order valence-corrected chi connectivity index (χ0v) is 9.27. The normalized spacial score (nSPS) is 9.73. The largest absolute Gasteiger partial charge is 0.397 e. The van der Waals surface area contributed by atoms with Crippen LogP contribution in [0.5, 0.6) is 0 Å². The van der Waals surface area contributed by atoms with E-state index >= 15 is 0 Å². The van der Waals surface area contributed by atoms with Crippen LogP contribution in [0.4, 0.5) is 11.4 Å². The molecule has 4 nitrogen and oxygen atoms in total. The van der Waals surface area contributed by atoms with Gasteiger partial charge in [0.1, 0.15) is 0 Å². The maximum Gasteiger partial charge on any atom is 0.216 e. The Morgan fingerprint density at radius 1 is 1.47 bits per heavy atom. The Kier molecular flexibility index (Phi) is 4.24. The van der Waals surface area contributed by atoms with Gasteiger partial charge in [-0.25, -0.2) is 0 Å². The zero-order valence-electron chi connectivity index (χ0n) is 8.51. The predicted molar refractivity (Wildman–Crippen MR) is 63.0 cm³/mol. The predicted octanol–water partition coefficient (Wildman–Crippen LogP) is 1.47. The Morgan fingerprint density at radius 2 is 2.20 bits per heavy atom. The molecule has 15 heavy (non-hydrogen) atoms. The minimum atomic E-state index is -0.0455. The van der Waals surface area contributed by atoms with E-state index in [0.29, 0.717) is 23.8 Å². The minimum Gasteiger partial charge on any atom is -0.397 e. The van der Waals surface area contributed by atoms with Crippen LogP contribution in [0.1, 0.15) is 6.92 Å². The van der Waals surface area contributed by atoms with Crippen molar-refractivity contribution in [2.24, 2.45) is 0 Å². The number of carbonyl (C=O) groups excluding carboxylic acids is 1.